The van der Waals surface area contributed by atoms with Gasteiger partial charge in [-0.25, -0.2) is 0 Å². The van der Waals surface area contributed by atoms with Crippen molar-refractivity contribution in [1.29, 1.82) is 0 Å². The van der Waals surface area contributed by atoms with Gasteiger partial charge in [-0.3, -0.25) is 4.79 Å². The summed E-state index contributed by atoms with van der Waals surface area (Å²) < 4.78 is 39.4. The fourth-order valence-corrected chi connectivity index (χ4v) is 6.97. The number of carbonyl (C=O) groups is 1. The molecule has 0 amide bonds. The number of aliphatic hydroxyl groups is 1. The van der Waals surface area contributed by atoms with E-state index in [0.29, 0.717) is 30.6 Å². The molecule has 0 aliphatic heterocycles. The average molecular weight is 356 g/mol. The number of alkyl halides is 3. The van der Waals surface area contributed by atoms with Gasteiger partial charge in [-0.05, 0) is 86.0 Å². The Morgan fingerprint density at radius 1 is 1.12 bits per heavy atom. The molecule has 0 aromatic carbocycles. The molecule has 0 aromatic rings. The first-order chi connectivity index (χ1) is 11.7. The van der Waals surface area contributed by atoms with Gasteiger partial charge in [0.25, 0.3) is 0 Å². The Bertz CT molecular complexity index is 596. The Balaban J connectivity index is 1.58. The lowest BCUT2D eigenvalue weighted by Gasteiger charge is -2.54. The highest BCUT2D eigenvalue weighted by molar-refractivity contribution is 5.91. The van der Waals surface area contributed by atoms with Crippen LogP contribution in [-0.2, 0) is 4.79 Å². The molecule has 2 nitrogen and oxygen atoms in total. The molecule has 0 spiro atoms. The van der Waals surface area contributed by atoms with Gasteiger partial charge < -0.3 is 5.11 Å². The molecular formula is C20H27F3O2. The number of aliphatic hydroxyl groups excluding tert-OH is 1. The van der Waals surface area contributed by atoms with Crippen LogP contribution in [0.2, 0.25) is 0 Å². The van der Waals surface area contributed by atoms with Gasteiger partial charge in [0, 0.05) is 6.42 Å². The molecule has 3 fully saturated rings. The van der Waals surface area contributed by atoms with Crippen molar-refractivity contribution < 1.29 is 23.1 Å². The van der Waals surface area contributed by atoms with Gasteiger partial charge in [0.05, 0.1) is 0 Å². The first kappa shape index (κ1) is 17.6. The summed E-state index contributed by atoms with van der Waals surface area (Å²) in [5, 5.41) is 9.93. The summed E-state index contributed by atoms with van der Waals surface area (Å²) in [6.45, 7) is 2.00. The number of rotatable bonds is 1. The number of carbonyl (C=O) groups excluding carboxylic acids is 1. The van der Waals surface area contributed by atoms with Crippen LogP contribution in [0.3, 0.4) is 0 Å². The lowest BCUT2D eigenvalue weighted by molar-refractivity contribution is -0.233. The Morgan fingerprint density at radius 3 is 2.60 bits per heavy atom. The molecule has 0 bridgehead atoms. The topological polar surface area (TPSA) is 37.3 Å². The lowest BCUT2D eigenvalue weighted by Crippen LogP contribution is -2.50. The summed E-state index contributed by atoms with van der Waals surface area (Å²) in [6, 6.07) is 0. The summed E-state index contributed by atoms with van der Waals surface area (Å²) in [5.74, 6) is 1.30. The van der Waals surface area contributed by atoms with Crippen LogP contribution >= 0.6 is 0 Å². The second-order valence-electron chi connectivity index (χ2n) is 9.02. The van der Waals surface area contributed by atoms with E-state index < -0.39 is 23.6 Å². The zero-order valence-corrected chi connectivity index (χ0v) is 14.7. The predicted octanol–water partition coefficient (Wildman–Crippen LogP) is 4.67. The highest BCUT2D eigenvalue weighted by Crippen LogP contribution is 2.64. The second kappa shape index (κ2) is 5.83. The number of hydrogen-bond acceptors (Lipinski definition) is 2. The third-order valence-electron chi connectivity index (χ3n) is 8.09. The first-order valence-electron chi connectivity index (χ1n) is 9.70. The Hall–Kier alpha value is -0.840. The van der Waals surface area contributed by atoms with Crippen LogP contribution in [-0.4, -0.2) is 23.2 Å². The van der Waals surface area contributed by atoms with E-state index in [1.165, 1.54) is 5.57 Å². The number of hydrogen-bond donors (Lipinski definition) is 1. The zero-order chi connectivity index (χ0) is 18.0. The molecule has 5 heteroatoms. The summed E-state index contributed by atoms with van der Waals surface area (Å²) in [7, 11) is 0. The van der Waals surface area contributed by atoms with Crippen LogP contribution in [0.15, 0.2) is 11.6 Å². The van der Waals surface area contributed by atoms with Crippen molar-refractivity contribution in [1.82, 2.24) is 0 Å². The van der Waals surface area contributed by atoms with Crippen molar-refractivity contribution in [3.8, 4) is 0 Å². The lowest BCUT2D eigenvalue weighted by atomic mass is 9.51. The molecule has 4 rings (SSSR count). The van der Waals surface area contributed by atoms with Crippen molar-refractivity contribution in [3.63, 3.8) is 0 Å². The van der Waals surface area contributed by atoms with Crippen LogP contribution in [0.4, 0.5) is 13.2 Å². The Morgan fingerprint density at radius 2 is 1.88 bits per heavy atom. The van der Waals surface area contributed by atoms with Crippen LogP contribution in [0, 0.1) is 35.0 Å². The van der Waals surface area contributed by atoms with E-state index >= 15 is 0 Å². The van der Waals surface area contributed by atoms with E-state index in [-0.39, 0.29) is 11.7 Å². The van der Waals surface area contributed by atoms with E-state index in [9.17, 15) is 23.1 Å². The molecule has 0 radical (unpaired) electrons. The second-order valence-corrected chi connectivity index (χ2v) is 9.02. The number of allylic oxidation sites excluding steroid dienone is 1. The summed E-state index contributed by atoms with van der Waals surface area (Å²) in [6.07, 6.45) is 1.60. The van der Waals surface area contributed by atoms with Gasteiger partial charge in [0.1, 0.15) is 0 Å². The van der Waals surface area contributed by atoms with E-state index in [1.807, 2.05) is 13.0 Å². The smallest absolute Gasteiger partial charge is 0.383 e. The first-order valence-corrected chi connectivity index (χ1v) is 9.70. The minimum atomic E-state index is -4.52. The van der Waals surface area contributed by atoms with Gasteiger partial charge in [0.15, 0.2) is 11.9 Å². The van der Waals surface area contributed by atoms with Gasteiger partial charge in [-0.15, -0.1) is 0 Å². The van der Waals surface area contributed by atoms with Crippen molar-refractivity contribution in [2.45, 2.75) is 70.6 Å². The Kier molecular flexibility index (Phi) is 4.10. The van der Waals surface area contributed by atoms with E-state index in [1.54, 1.807) is 0 Å². The maximum absolute atomic E-state index is 13.1. The predicted molar refractivity (Wildman–Crippen MR) is 87.6 cm³/mol. The molecular weight excluding hydrogens is 329 g/mol. The fourth-order valence-electron chi connectivity index (χ4n) is 6.97. The molecule has 25 heavy (non-hydrogen) atoms. The largest absolute Gasteiger partial charge is 0.414 e. The van der Waals surface area contributed by atoms with Crippen LogP contribution in [0.5, 0.6) is 0 Å². The quantitative estimate of drug-likeness (QED) is 0.741. The molecule has 1 N–H and O–H groups in total. The van der Waals surface area contributed by atoms with Crippen molar-refractivity contribution >= 4 is 5.78 Å². The molecule has 3 saturated carbocycles. The van der Waals surface area contributed by atoms with Crippen LogP contribution < -0.4 is 0 Å². The monoisotopic (exact) mass is 356 g/mol. The highest BCUT2D eigenvalue weighted by Gasteiger charge is 2.60. The highest BCUT2D eigenvalue weighted by atomic mass is 19.4. The van der Waals surface area contributed by atoms with E-state index in [0.717, 1.165) is 38.5 Å². The minimum Gasteiger partial charge on any atom is -0.383 e. The summed E-state index contributed by atoms with van der Waals surface area (Å²) in [4.78, 5) is 11.7. The maximum atomic E-state index is 13.1. The molecule has 0 unspecified atom stereocenters. The molecule has 0 heterocycles. The minimum absolute atomic E-state index is 0.236. The molecule has 0 saturated heterocycles. The van der Waals surface area contributed by atoms with Crippen LogP contribution in [0.25, 0.3) is 0 Å². The Labute approximate surface area is 146 Å². The molecule has 4 aliphatic carbocycles. The number of ketones is 1. The number of fused-ring (bicyclic) bond motifs is 5. The van der Waals surface area contributed by atoms with Crippen molar-refractivity contribution in [2.75, 3.05) is 0 Å². The normalized spacial score (nSPS) is 45.2. The van der Waals surface area contributed by atoms with Crippen molar-refractivity contribution in [2.24, 2.45) is 35.0 Å². The maximum Gasteiger partial charge on any atom is 0.414 e. The van der Waals surface area contributed by atoms with Gasteiger partial charge in [0.2, 0.25) is 0 Å². The van der Waals surface area contributed by atoms with Gasteiger partial charge >= 0.3 is 6.18 Å². The van der Waals surface area contributed by atoms with Gasteiger partial charge in [-0.2, -0.15) is 13.2 Å². The summed E-state index contributed by atoms with van der Waals surface area (Å²) in [5.41, 5.74) is 0.896. The molecule has 4 aliphatic rings. The zero-order valence-electron chi connectivity index (χ0n) is 14.7. The average Bonchev–Trinajstić information content (AvgIpc) is 2.89. The van der Waals surface area contributed by atoms with Crippen LogP contribution in [0.1, 0.15) is 58.3 Å². The van der Waals surface area contributed by atoms with E-state index in [4.69, 9.17) is 0 Å². The molecule has 7 atom stereocenters. The fraction of sp³-hybridized carbons (Fsp3) is 0.850. The van der Waals surface area contributed by atoms with Crippen molar-refractivity contribution in [3.05, 3.63) is 11.6 Å². The standard InChI is InChI=1S/C20H27F3O2/c1-19-9-8-14-13-5-3-12(24)10-11(13)2-4-15(14)16(19)6-7-17(19)18(25)20(21,22)23/h10,13-18,25H,2-9H2,1H3/t13-,14+,15+,16+,17-,18-,19-/m0/s1. The SMILES string of the molecule is C[C@]12CC[C@H]3[C@@H](CCC4=CC(=O)CC[C@@H]43)[C@H]1CC[C@H]2[C@H](O)C(F)(F)F. The van der Waals surface area contributed by atoms with E-state index in [2.05, 4.69) is 0 Å². The molecule has 140 valence electrons. The molecule has 0 aromatic heterocycles. The van der Waals surface area contributed by atoms with Gasteiger partial charge in [-0.1, -0.05) is 12.5 Å². The summed E-state index contributed by atoms with van der Waals surface area (Å²) >= 11 is 0. The number of halogens is 3. The third-order valence-corrected chi connectivity index (χ3v) is 8.09. The third kappa shape index (κ3) is 2.68.